The number of amides is 1. The molecule has 1 amide bonds. The molecule has 1 aliphatic rings. The summed E-state index contributed by atoms with van der Waals surface area (Å²) < 4.78 is 0. The molecule has 0 spiro atoms. The highest BCUT2D eigenvalue weighted by molar-refractivity contribution is 5.96. The lowest BCUT2D eigenvalue weighted by molar-refractivity contribution is -0.385. The molecule has 1 heterocycles. The van der Waals surface area contributed by atoms with Crippen LogP contribution in [0.3, 0.4) is 0 Å². The van der Waals surface area contributed by atoms with E-state index in [1.165, 1.54) is 6.07 Å². The molecule has 0 radical (unpaired) electrons. The fourth-order valence-electron chi connectivity index (χ4n) is 2.53. The van der Waals surface area contributed by atoms with E-state index in [0.717, 1.165) is 13.0 Å². The Bertz CT molecular complexity index is 557. The highest BCUT2D eigenvalue weighted by atomic mass is 16.6. The van der Waals surface area contributed by atoms with E-state index in [9.17, 15) is 14.9 Å². The fraction of sp³-hybridized carbons (Fsp3) is 0.500. The molecular formula is C14H19N3O3. The Labute approximate surface area is 117 Å². The van der Waals surface area contributed by atoms with E-state index in [-0.39, 0.29) is 17.6 Å². The maximum absolute atomic E-state index is 12.2. The fourth-order valence-corrected chi connectivity index (χ4v) is 2.53. The largest absolute Gasteiger partial charge is 0.324 e. The van der Waals surface area contributed by atoms with Crippen molar-refractivity contribution in [2.75, 3.05) is 11.9 Å². The third-order valence-corrected chi connectivity index (χ3v) is 3.81. The van der Waals surface area contributed by atoms with E-state index in [0.29, 0.717) is 22.7 Å². The second-order valence-electron chi connectivity index (χ2n) is 5.40. The van der Waals surface area contributed by atoms with Crippen LogP contribution < -0.4 is 10.6 Å². The van der Waals surface area contributed by atoms with Gasteiger partial charge in [-0.05, 0) is 44.4 Å². The van der Waals surface area contributed by atoms with Crippen LogP contribution in [-0.2, 0) is 4.79 Å². The molecule has 2 atom stereocenters. The monoisotopic (exact) mass is 277 g/mol. The highest BCUT2D eigenvalue weighted by Gasteiger charge is 2.29. The molecule has 20 heavy (non-hydrogen) atoms. The molecule has 0 bridgehead atoms. The number of carbonyl (C=O) groups is 1. The Morgan fingerprint density at radius 3 is 2.65 bits per heavy atom. The van der Waals surface area contributed by atoms with E-state index in [1.807, 2.05) is 6.92 Å². The van der Waals surface area contributed by atoms with Crippen LogP contribution in [0.2, 0.25) is 0 Å². The van der Waals surface area contributed by atoms with Crippen molar-refractivity contribution in [2.24, 2.45) is 5.92 Å². The van der Waals surface area contributed by atoms with Crippen LogP contribution in [0, 0.1) is 29.9 Å². The number of nitro benzene ring substituents is 1. The molecule has 0 aliphatic carbocycles. The molecule has 1 aromatic carbocycles. The lowest BCUT2D eigenvalue weighted by Crippen LogP contribution is -2.39. The van der Waals surface area contributed by atoms with Crippen molar-refractivity contribution < 1.29 is 9.72 Å². The molecule has 6 nitrogen and oxygen atoms in total. The van der Waals surface area contributed by atoms with Gasteiger partial charge in [0.15, 0.2) is 0 Å². The molecule has 2 unspecified atom stereocenters. The van der Waals surface area contributed by atoms with E-state index >= 15 is 0 Å². The smallest absolute Gasteiger partial charge is 0.272 e. The van der Waals surface area contributed by atoms with Crippen LogP contribution in [0.15, 0.2) is 12.1 Å². The van der Waals surface area contributed by atoms with Crippen LogP contribution in [0.5, 0.6) is 0 Å². The first-order valence-electron chi connectivity index (χ1n) is 6.70. The van der Waals surface area contributed by atoms with Gasteiger partial charge in [-0.15, -0.1) is 0 Å². The first-order chi connectivity index (χ1) is 9.40. The van der Waals surface area contributed by atoms with Crippen LogP contribution in [0.4, 0.5) is 11.4 Å². The molecule has 6 heteroatoms. The Hall–Kier alpha value is -1.95. The van der Waals surface area contributed by atoms with Crippen molar-refractivity contribution >= 4 is 17.3 Å². The number of anilines is 1. The number of nitrogens with one attached hydrogen (secondary N) is 2. The summed E-state index contributed by atoms with van der Waals surface area (Å²) in [5.74, 6) is 0.223. The maximum atomic E-state index is 12.2. The Balaban J connectivity index is 2.19. The van der Waals surface area contributed by atoms with Gasteiger partial charge < -0.3 is 10.6 Å². The summed E-state index contributed by atoms with van der Waals surface area (Å²) in [6.07, 6.45) is 0.982. The molecule has 1 saturated heterocycles. The van der Waals surface area contributed by atoms with Crippen LogP contribution in [-0.4, -0.2) is 23.4 Å². The van der Waals surface area contributed by atoms with E-state index in [2.05, 4.69) is 10.6 Å². The summed E-state index contributed by atoms with van der Waals surface area (Å²) in [6, 6.07) is 2.96. The third-order valence-electron chi connectivity index (χ3n) is 3.81. The maximum Gasteiger partial charge on any atom is 0.272 e. The van der Waals surface area contributed by atoms with Crippen molar-refractivity contribution in [3.05, 3.63) is 33.4 Å². The van der Waals surface area contributed by atoms with Crippen molar-refractivity contribution in [3.63, 3.8) is 0 Å². The van der Waals surface area contributed by atoms with Crippen LogP contribution in [0.25, 0.3) is 0 Å². The summed E-state index contributed by atoms with van der Waals surface area (Å²) in [7, 11) is 0. The lowest BCUT2D eigenvalue weighted by atomic mass is 10.0. The minimum atomic E-state index is -0.408. The van der Waals surface area contributed by atoms with E-state index in [4.69, 9.17) is 0 Å². The van der Waals surface area contributed by atoms with Crippen molar-refractivity contribution in [1.82, 2.24) is 5.32 Å². The minimum Gasteiger partial charge on any atom is -0.324 e. The number of benzene rings is 1. The van der Waals surface area contributed by atoms with E-state index in [1.54, 1.807) is 19.9 Å². The zero-order valence-corrected chi connectivity index (χ0v) is 11.9. The van der Waals surface area contributed by atoms with Gasteiger partial charge in [-0.25, -0.2) is 0 Å². The van der Waals surface area contributed by atoms with Crippen molar-refractivity contribution in [2.45, 2.75) is 33.2 Å². The number of nitro groups is 1. The summed E-state index contributed by atoms with van der Waals surface area (Å²) in [5, 5.41) is 16.9. The van der Waals surface area contributed by atoms with Gasteiger partial charge in [0.25, 0.3) is 5.69 Å². The van der Waals surface area contributed by atoms with Gasteiger partial charge in [0, 0.05) is 17.3 Å². The average Bonchev–Trinajstić information content (AvgIpc) is 2.79. The first kappa shape index (κ1) is 14.5. The average molecular weight is 277 g/mol. The highest BCUT2D eigenvalue weighted by Crippen LogP contribution is 2.26. The van der Waals surface area contributed by atoms with E-state index < -0.39 is 4.92 Å². The minimum absolute atomic E-state index is 0.0767. The SMILES string of the molecule is Cc1cc([N+](=O)[O-])c(C)cc1NC(=O)C1NCCC1C. The third kappa shape index (κ3) is 2.80. The zero-order valence-electron chi connectivity index (χ0n) is 11.9. The quantitative estimate of drug-likeness (QED) is 0.655. The number of aryl methyl sites for hydroxylation is 2. The van der Waals surface area contributed by atoms with Gasteiger partial charge in [-0.3, -0.25) is 14.9 Å². The molecule has 1 aromatic rings. The number of hydrogen-bond acceptors (Lipinski definition) is 4. The molecule has 1 aliphatic heterocycles. The Morgan fingerprint density at radius 1 is 1.40 bits per heavy atom. The second kappa shape index (κ2) is 5.58. The van der Waals surface area contributed by atoms with Gasteiger partial charge in [0.05, 0.1) is 11.0 Å². The Kier molecular flexibility index (Phi) is 4.04. The zero-order chi connectivity index (χ0) is 14.9. The Morgan fingerprint density at radius 2 is 2.10 bits per heavy atom. The molecule has 108 valence electrons. The van der Waals surface area contributed by atoms with Crippen LogP contribution in [0.1, 0.15) is 24.5 Å². The lowest BCUT2D eigenvalue weighted by Gasteiger charge is -2.17. The van der Waals surface area contributed by atoms with Crippen molar-refractivity contribution in [3.8, 4) is 0 Å². The predicted octanol–water partition coefficient (Wildman–Crippen LogP) is 2.15. The number of nitrogens with zero attached hydrogens (tertiary/aromatic N) is 1. The molecule has 1 fully saturated rings. The second-order valence-corrected chi connectivity index (χ2v) is 5.40. The summed E-state index contributed by atoms with van der Waals surface area (Å²) >= 11 is 0. The van der Waals surface area contributed by atoms with Crippen molar-refractivity contribution in [1.29, 1.82) is 0 Å². The van der Waals surface area contributed by atoms with Gasteiger partial charge in [0.2, 0.25) is 5.91 Å². The standard InChI is InChI=1S/C14H19N3O3/c1-8-4-5-15-13(8)14(18)16-11-6-10(3)12(17(19)20)7-9(11)2/h6-8,13,15H,4-5H2,1-3H3,(H,16,18). The van der Waals surface area contributed by atoms with Crippen LogP contribution >= 0.6 is 0 Å². The summed E-state index contributed by atoms with van der Waals surface area (Å²) in [5.41, 5.74) is 1.96. The van der Waals surface area contributed by atoms with Gasteiger partial charge >= 0.3 is 0 Å². The number of rotatable bonds is 3. The predicted molar refractivity (Wildman–Crippen MR) is 76.8 cm³/mol. The molecule has 2 rings (SSSR count). The number of hydrogen-bond donors (Lipinski definition) is 2. The van der Waals surface area contributed by atoms with Gasteiger partial charge in [-0.1, -0.05) is 6.92 Å². The normalized spacial score (nSPS) is 21.8. The topological polar surface area (TPSA) is 84.3 Å². The molecule has 2 N–H and O–H groups in total. The molecular weight excluding hydrogens is 258 g/mol. The summed E-state index contributed by atoms with van der Waals surface area (Å²) in [4.78, 5) is 22.7. The van der Waals surface area contributed by atoms with Gasteiger partial charge in [-0.2, -0.15) is 0 Å². The van der Waals surface area contributed by atoms with Gasteiger partial charge in [0.1, 0.15) is 0 Å². The molecule has 0 saturated carbocycles. The number of carbonyl (C=O) groups excluding carboxylic acids is 1. The summed E-state index contributed by atoms with van der Waals surface area (Å²) in [6.45, 7) is 6.31. The first-order valence-corrected chi connectivity index (χ1v) is 6.70. The molecule has 0 aromatic heterocycles.